The Morgan fingerprint density at radius 2 is 2.32 bits per heavy atom. The van der Waals surface area contributed by atoms with Crippen LogP contribution in [0.2, 0.25) is 0 Å². The predicted octanol–water partition coefficient (Wildman–Crippen LogP) is -1.19. The monoisotopic (exact) mass is 271 g/mol. The number of H-pyrrole nitrogens is 1. The minimum absolute atomic E-state index is 0.0617. The molecule has 2 N–H and O–H groups in total. The molecule has 2 aliphatic heterocycles. The zero-order chi connectivity index (χ0) is 13.6. The SMILES string of the molecule is O=c1[nH]c(=O)n(C[C@H]2C[C@@H]3[C@@H](O)CCN3O2)cc1F. The van der Waals surface area contributed by atoms with Crippen molar-refractivity contribution in [3.8, 4) is 0 Å². The van der Waals surface area contributed by atoms with E-state index < -0.39 is 23.2 Å². The van der Waals surface area contributed by atoms with Gasteiger partial charge in [-0.25, -0.2) is 4.79 Å². The van der Waals surface area contributed by atoms with Gasteiger partial charge in [0.2, 0.25) is 5.82 Å². The number of rotatable bonds is 2. The van der Waals surface area contributed by atoms with Crippen molar-refractivity contribution in [3.05, 3.63) is 32.9 Å². The molecule has 0 aromatic carbocycles. The molecular formula is C11H14FN3O4. The average Bonchev–Trinajstić information content (AvgIpc) is 2.89. The topological polar surface area (TPSA) is 87.6 Å². The number of aromatic nitrogens is 2. The molecule has 0 bridgehead atoms. The van der Waals surface area contributed by atoms with Crippen molar-refractivity contribution in [1.82, 2.24) is 14.6 Å². The van der Waals surface area contributed by atoms with E-state index in [4.69, 9.17) is 4.84 Å². The van der Waals surface area contributed by atoms with E-state index in [1.54, 1.807) is 5.06 Å². The van der Waals surface area contributed by atoms with Crippen LogP contribution in [-0.2, 0) is 11.4 Å². The molecule has 0 spiro atoms. The van der Waals surface area contributed by atoms with Crippen LogP contribution in [0.15, 0.2) is 15.8 Å². The van der Waals surface area contributed by atoms with E-state index in [0.29, 0.717) is 19.4 Å². The van der Waals surface area contributed by atoms with Crippen molar-refractivity contribution in [2.24, 2.45) is 0 Å². The molecule has 1 aromatic rings. The highest BCUT2D eigenvalue weighted by atomic mass is 19.1. The maximum absolute atomic E-state index is 13.1. The lowest BCUT2D eigenvalue weighted by Gasteiger charge is -2.14. The highest BCUT2D eigenvalue weighted by Gasteiger charge is 2.42. The third-order valence-electron chi connectivity index (χ3n) is 3.62. The highest BCUT2D eigenvalue weighted by Crippen LogP contribution is 2.30. The molecule has 3 heterocycles. The van der Waals surface area contributed by atoms with Crippen molar-refractivity contribution >= 4 is 0 Å². The number of hydrogen-bond donors (Lipinski definition) is 2. The average molecular weight is 271 g/mol. The number of fused-ring (bicyclic) bond motifs is 1. The number of nitrogens with zero attached hydrogens (tertiary/aromatic N) is 2. The van der Waals surface area contributed by atoms with E-state index in [9.17, 15) is 19.1 Å². The highest BCUT2D eigenvalue weighted by molar-refractivity contribution is 4.92. The third-order valence-corrected chi connectivity index (χ3v) is 3.62. The van der Waals surface area contributed by atoms with Gasteiger partial charge in [-0.3, -0.25) is 19.2 Å². The van der Waals surface area contributed by atoms with Crippen molar-refractivity contribution in [2.45, 2.75) is 37.6 Å². The quantitative estimate of drug-likeness (QED) is 0.706. The molecule has 0 radical (unpaired) electrons. The van der Waals surface area contributed by atoms with Gasteiger partial charge in [0.25, 0.3) is 5.56 Å². The summed E-state index contributed by atoms with van der Waals surface area (Å²) in [6.07, 6.45) is 1.40. The third kappa shape index (κ3) is 2.22. The van der Waals surface area contributed by atoms with Gasteiger partial charge in [-0.05, 0) is 12.8 Å². The summed E-state index contributed by atoms with van der Waals surface area (Å²) in [6, 6.07) is -0.0617. The van der Waals surface area contributed by atoms with Crippen molar-refractivity contribution in [2.75, 3.05) is 6.54 Å². The first-order valence-corrected chi connectivity index (χ1v) is 6.15. The Morgan fingerprint density at radius 1 is 1.53 bits per heavy atom. The Labute approximate surface area is 107 Å². The second kappa shape index (κ2) is 4.55. The van der Waals surface area contributed by atoms with Gasteiger partial charge in [-0.2, -0.15) is 9.45 Å². The largest absolute Gasteiger partial charge is 0.391 e. The van der Waals surface area contributed by atoms with Crippen LogP contribution in [0.3, 0.4) is 0 Å². The first-order chi connectivity index (χ1) is 9.04. The second-order valence-corrected chi connectivity index (χ2v) is 4.92. The Balaban J connectivity index is 1.75. The maximum Gasteiger partial charge on any atom is 0.328 e. The van der Waals surface area contributed by atoms with Crippen LogP contribution < -0.4 is 11.2 Å². The van der Waals surface area contributed by atoms with Gasteiger partial charge in [0, 0.05) is 6.54 Å². The number of halogens is 1. The molecule has 19 heavy (non-hydrogen) atoms. The van der Waals surface area contributed by atoms with Gasteiger partial charge in [0.15, 0.2) is 0 Å². The van der Waals surface area contributed by atoms with Crippen LogP contribution in [0.4, 0.5) is 4.39 Å². The summed E-state index contributed by atoms with van der Waals surface area (Å²) < 4.78 is 14.2. The van der Waals surface area contributed by atoms with Gasteiger partial charge in [-0.1, -0.05) is 0 Å². The fourth-order valence-electron chi connectivity index (χ4n) is 2.66. The van der Waals surface area contributed by atoms with Gasteiger partial charge in [-0.15, -0.1) is 0 Å². The molecule has 0 saturated carbocycles. The molecule has 2 aliphatic rings. The molecule has 7 nitrogen and oxygen atoms in total. The Hall–Kier alpha value is -1.51. The first kappa shape index (κ1) is 12.5. The van der Waals surface area contributed by atoms with Gasteiger partial charge in [0.1, 0.15) is 0 Å². The summed E-state index contributed by atoms with van der Waals surface area (Å²) >= 11 is 0. The standard InChI is InChI=1S/C11H14FN3O4/c12-7-5-14(11(18)13-10(7)17)4-6-3-8-9(16)1-2-15(8)19-6/h5-6,8-9,16H,1-4H2,(H,13,17,18)/t6-,8-,9+/m1/s1. The minimum Gasteiger partial charge on any atom is -0.391 e. The molecule has 2 saturated heterocycles. The number of hydrogen-bond acceptors (Lipinski definition) is 5. The van der Waals surface area contributed by atoms with Crippen LogP contribution in [0.25, 0.3) is 0 Å². The lowest BCUT2D eigenvalue weighted by molar-refractivity contribution is -0.154. The molecule has 1 aromatic heterocycles. The van der Waals surface area contributed by atoms with E-state index in [-0.39, 0.29) is 18.7 Å². The normalized spacial score (nSPS) is 30.7. The molecule has 0 aliphatic carbocycles. The first-order valence-electron chi connectivity index (χ1n) is 6.15. The number of aliphatic hydroxyl groups excluding tert-OH is 1. The summed E-state index contributed by atoms with van der Waals surface area (Å²) in [7, 11) is 0. The fraction of sp³-hybridized carbons (Fsp3) is 0.636. The molecule has 3 rings (SSSR count). The molecular weight excluding hydrogens is 257 g/mol. The molecule has 104 valence electrons. The Kier molecular flexibility index (Phi) is 3.00. The predicted molar refractivity (Wildman–Crippen MR) is 61.9 cm³/mol. The smallest absolute Gasteiger partial charge is 0.328 e. The summed E-state index contributed by atoms with van der Waals surface area (Å²) in [5.74, 6) is -1.00. The molecule has 0 amide bonds. The second-order valence-electron chi connectivity index (χ2n) is 4.92. The van der Waals surface area contributed by atoms with Crippen LogP contribution in [-0.4, -0.2) is 44.5 Å². The van der Waals surface area contributed by atoms with Crippen molar-refractivity contribution < 1.29 is 14.3 Å². The molecule has 0 unspecified atom stereocenters. The van der Waals surface area contributed by atoms with Crippen LogP contribution in [0.1, 0.15) is 12.8 Å². The number of aromatic amines is 1. The fourth-order valence-corrected chi connectivity index (χ4v) is 2.66. The minimum atomic E-state index is -1.02. The Bertz CT molecular complexity index is 598. The van der Waals surface area contributed by atoms with Crippen LogP contribution >= 0.6 is 0 Å². The van der Waals surface area contributed by atoms with Crippen LogP contribution in [0, 0.1) is 5.82 Å². The Morgan fingerprint density at radius 3 is 3.05 bits per heavy atom. The van der Waals surface area contributed by atoms with Crippen LogP contribution in [0.5, 0.6) is 0 Å². The number of aliphatic hydroxyl groups is 1. The van der Waals surface area contributed by atoms with Crippen molar-refractivity contribution in [1.29, 1.82) is 0 Å². The number of nitrogens with one attached hydrogen (secondary N) is 1. The van der Waals surface area contributed by atoms with E-state index in [2.05, 4.69) is 0 Å². The van der Waals surface area contributed by atoms with E-state index in [0.717, 1.165) is 10.8 Å². The zero-order valence-corrected chi connectivity index (χ0v) is 10.1. The van der Waals surface area contributed by atoms with E-state index in [1.165, 1.54) is 0 Å². The van der Waals surface area contributed by atoms with Crippen molar-refractivity contribution in [3.63, 3.8) is 0 Å². The van der Waals surface area contributed by atoms with Gasteiger partial charge < -0.3 is 5.11 Å². The lowest BCUT2D eigenvalue weighted by Crippen LogP contribution is -2.34. The van der Waals surface area contributed by atoms with Gasteiger partial charge in [0.05, 0.1) is 31.0 Å². The molecule has 3 atom stereocenters. The summed E-state index contributed by atoms with van der Waals surface area (Å²) in [5, 5.41) is 11.4. The number of hydroxylamine groups is 2. The summed E-state index contributed by atoms with van der Waals surface area (Å²) in [4.78, 5) is 29.9. The molecule has 2 fully saturated rings. The zero-order valence-electron chi connectivity index (χ0n) is 10.1. The summed E-state index contributed by atoms with van der Waals surface area (Å²) in [5.41, 5.74) is -1.69. The van der Waals surface area contributed by atoms with E-state index >= 15 is 0 Å². The maximum atomic E-state index is 13.1. The molecule has 8 heteroatoms. The summed E-state index contributed by atoms with van der Waals surface area (Å²) in [6.45, 7) is 0.795. The van der Waals surface area contributed by atoms with Gasteiger partial charge >= 0.3 is 5.69 Å². The lowest BCUT2D eigenvalue weighted by atomic mass is 10.1. The van der Waals surface area contributed by atoms with E-state index in [1.807, 2.05) is 4.98 Å².